The average molecular weight is 353 g/mol. The Balaban J connectivity index is 0.00000289. The van der Waals surface area contributed by atoms with Gasteiger partial charge in [0.05, 0.1) is 5.56 Å². The smallest absolute Gasteiger partial charge is 0.335 e. The fraction of sp³-hybridized carbons (Fsp3) is 0.533. The number of carbonyl (C=O) groups is 1. The number of aryl methyl sites for hydroxylation is 1. The number of aromatic carboxylic acids is 1. The van der Waals surface area contributed by atoms with Crippen molar-refractivity contribution in [2.45, 2.75) is 52.4 Å². The minimum absolute atomic E-state index is 0. The van der Waals surface area contributed by atoms with Crippen LogP contribution in [0.2, 0.25) is 0 Å². The second-order valence-corrected chi connectivity index (χ2v) is 4.46. The van der Waals surface area contributed by atoms with Crippen molar-refractivity contribution in [3.63, 3.8) is 0 Å². The third kappa shape index (κ3) is 5.00. The van der Waals surface area contributed by atoms with Crippen LogP contribution in [0.15, 0.2) is 18.2 Å². The molecule has 0 heterocycles. The fourth-order valence-corrected chi connectivity index (χ4v) is 2.09. The monoisotopic (exact) mass is 354 g/mol. The van der Waals surface area contributed by atoms with E-state index >= 15 is 0 Å². The van der Waals surface area contributed by atoms with Gasteiger partial charge >= 0.3 is 5.97 Å². The molecule has 4 radical (unpaired) electrons. The molecule has 2 nitrogen and oxygen atoms in total. The van der Waals surface area contributed by atoms with E-state index in [4.69, 9.17) is 0 Å². The van der Waals surface area contributed by atoms with Crippen LogP contribution in [-0.2, 0) is 12.8 Å². The molecule has 0 aliphatic heterocycles. The molecule has 1 N–H and O–H groups in total. The largest absolute Gasteiger partial charge is 0.478 e. The number of hydrogen-bond donors (Lipinski definition) is 1. The SMILES string of the molecule is CCCCc1cccc(C(=O)O)c1CCCC.[Sn]. The quantitative estimate of drug-likeness (QED) is 0.760. The summed E-state index contributed by atoms with van der Waals surface area (Å²) in [6.45, 7) is 4.29. The molecular formula is C15H22O2Sn. The van der Waals surface area contributed by atoms with Crippen molar-refractivity contribution in [2.75, 3.05) is 0 Å². The van der Waals surface area contributed by atoms with Crippen LogP contribution < -0.4 is 0 Å². The zero-order chi connectivity index (χ0) is 12.7. The number of benzene rings is 1. The van der Waals surface area contributed by atoms with Gasteiger partial charge in [0.1, 0.15) is 0 Å². The molecule has 0 saturated heterocycles. The van der Waals surface area contributed by atoms with Gasteiger partial charge in [-0.3, -0.25) is 0 Å². The Bertz CT molecular complexity index is 375. The Kier molecular flexibility index (Phi) is 9.16. The summed E-state index contributed by atoms with van der Waals surface area (Å²) >= 11 is 0. The molecule has 1 aromatic carbocycles. The molecule has 0 atom stereocenters. The average Bonchev–Trinajstić information content (AvgIpc) is 2.33. The van der Waals surface area contributed by atoms with E-state index in [-0.39, 0.29) is 23.9 Å². The second-order valence-electron chi connectivity index (χ2n) is 4.46. The molecule has 98 valence electrons. The Labute approximate surface area is 127 Å². The van der Waals surface area contributed by atoms with Crippen LogP contribution in [0.5, 0.6) is 0 Å². The van der Waals surface area contributed by atoms with Crippen LogP contribution in [0.3, 0.4) is 0 Å². The molecule has 0 fully saturated rings. The van der Waals surface area contributed by atoms with Gasteiger partial charge in [0, 0.05) is 23.9 Å². The molecular weight excluding hydrogens is 331 g/mol. The molecule has 0 saturated carbocycles. The molecule has 0 spiro atoms. The normalized spacial score (nSPS) is 9.89. The van der Waals surface area contributed by atoms with Crippen LogP contribution >= 0.6 is 0 Å². The molecule has 1 aromatic rings. The first-order valence-electron chi connectivity index (χ1n) is 6.54. The minimum atomic E-state index is -0.797. The van der Waals surface area contributed by atoms with E-state index in [1.807, 2.05) is 6.07 Å². The fourth-order valence-electron chi connectivity index (χ4n) is 2.09. The Morgan fingerprint density at radius 1 is 1.11 bits per heavy atom. The van der Waals surface area contributed by atoms with Crippen LogP contribution in [0.4, 0.5) is 0 Å². The van der Waals surface area contributed by atoms with Crippen molar-refractivity contribution in [1.82, 2.24) is 0 Å². The summed E-state index contributed by atoms with van der Waals surface area (Å²) in [5, 5.41) is 9.21. The summed E-state index contributed by atoms with van der Waals surface area (Å²) in [6.07, 6.45) is 6.31. The van der Waals surface area contributed by atoms with E-state index in [2.05, 4.69) is 19.9 Å². The molecule has 0 aliphatic carbocycles. The van der Waals surface area contributed by atoms with Gasteiger partial charge in [-0.2, -0.15) is 0 Å². The van der Waals surface area contributed by atoms with Gasteiger partial charge in [-0.15, -0.1) is 0 Å². The van der Waals surface area contributed by atoms with Crippen molar-refractivity contribution in [3.05, 3.63) is 34.9 Å². The number of unbranched alkanes of at least 4 members (excludes halogenated alkanes) is 2. The van der Waals surface area contributed by atoms with E-state index < -0.39 is 5.97 Å². The van der Waals surface area contributed by atoms with Crippen molar-refractivity contribution < 1.29 is 9.90 Å². The van der Waals surface area contributed by atoms with Gasteiger partial charge in [0.2, 0.25) is 0 Å². The van der Waals surface area contributed by atoms with Crippen molar-refractivity contribution in [2.24, 2.45) is 0 Å². The molecule has 3 heteroatoms. The third-order valence-corrected chi connectivity index (χ3v) is 3.08. The topological polar surface area (TPSA) is 37.3 Å². The van der Waals surface area contributed by atoms with Crippen molar-refractivity contribution in [1.29, 1.82) is 0 Å². The molecule has 0 amide bonds. The number of carboxylic acids is 1. The molecule has 0 aromatic heterocycles. The second kappa shape index (κ2) is 9.42. The summed E-state index contributed by atoms with van der Waals surface area (Å²) in [6, 6.07) is 5.67. The summed E-state index contributed by atoms with van der Waals surface area (Å²) in [5.74, 6) is -0.797. The molecule has 1 rings (SSSR count). The molecule has 0 unspecified atom stereocenters. The zero-order valence-electron chi connectivity index (χ0n) is 11.3. The first-order valence-corrected chi connectivity index (χ1v) is 6.54. The van der Waals surface area contributed by atoms with E-state index in [0.717, 1.165) is 44.1 Å². The summed E-state index contributed by atoms with van der Waals surface area (Å²) in [7, 11) is 0. The van der Waals surface area contributed by atoms with Gasteiger partial charge in [-0.1, -0.05) is 38.8 Å². The molecule has 0 bridgehead atoms. The zero-order valence-corrected chi connectivity index (χ0v) is 14.2. The Morgan fingerprint density at radius 3 is 2.28 bits per heavy atom. The maximum Gasteiger partial charge on any atom is 0.335 e. The van der Waals surface area contributed by atoms with Crippen molar-refractivity contribution in [3.8, 4) is 0 Å². The van der Waals surface area contributed by atoms with Crippen LogP contribution in [0, 0.1) is 0 Å². The van der Waals surface area contributed by atoms with E-state index in [1.54, 1.807) is 6.07 Å². The van der Waals surface area contributed by atoms with Gasteiger partial charge in [0.15, 0.2) is 0 Å². The van der Waals surface area contributed by atoms with Gasteiger partial charge in [-0.25, -0.2) is 4.79 Å². The first kappa shape index (κ1) is 17.5. The first-order chi connectivity index (χ1) is 8.20. The standard InChI is InChI=1S/C15H22O2.Sn/c1-3-5-8-12-9-7-11-14(15(16)17)13(12)10-6-4-2;/h7,9,11H,3-6,8,10H2,1-2H3,(H,16,17);. The van der Waals surface area contributed by atoms with Gasteiger partial charge in [-0.05, 0) is 42.9 Å². The van der Waals surface area contributed by atoms with Crippen LogP contribution in [-0.4, -0.2) is 35.0 Å². The van der Waals surface area contributed by atoms with Gasteiger partial charge < -0.3 is 5.11 Å². The minimum Gasteiger partial charge on any atom is -0.478 e. The number of rotatable bonds is 7. The molecule has 18 heavy (non-hydrogen) atoms. The maximum absolute atomic E-state index is 11.2. The Morgan fingerprint density at radius 2 is 1.72 bits per heavy atom. The number of hydrogen-bond acceptors (Lipinski definition) is 1. The Hall–Kier alpha value is -0.511. The van der Waals surface area contributed by atoms with Gasteiger partial charge in [0.25, 0.3) is 0 Å². The number of carboxylic acid groups (broad SMARTS) is 1. The van der Waals surface area contributed by atoms with Crippen LogP contribution in [0.25, 0.3) is 0 Å². The summed E-state index contributed by atoms with van der Waals surface area (Å²) in [4.78, 5) is 11.2. The van der Waals surface area contributed by atoms with Crippen LogP contribution in [0.1, 0.15) is 61.0 Å². The van der Waals surface area contributed by atoms with Crippen molar-refractivity contribution >= 4 is 29.9 Å². The summed E-state index contributed by atoms with van der Waals surface area (Å²) < 4.78 is 0. The predicted octanol–water partition coefficient (Wildman–Crippen LogP) is 3.69. The van der Waals surface area contributed by atoms with E-state index in [9.17, 15) is 9.90 Å². The predicted molar refractivity (Wildman–Crippen MR) is 76.4 cm³/mol. The van der Waals surface area contributed by atoms with E-state index in [0.29, 0.717) is 5.56 Å². The maximum atomic E-state index is 11.2. The van der Waals surface area contributed by atoms with E-state index in [1.165, 1.54) is 5.56 Å². The molecule has 0 aliphatic rings. The third-order valence-electron chi connectivity index (χ3n) is 3.08. The summed E-state index contributed by atoms with van der Waals surface area (Å²) in [5.41, 5.74) is 2.77.